The second-order valence-electron chi connectivity index (χ2n) is 3.43. The molecule has 1 heterocycles. The van der Waals surface area contributed by atoms with Gasteiger partial charge in [0.1, 0.15) is 5.69 Å². The Balaban J connectivity index is 2.79. The van der Waals surface area contributed by atoms with Gasteiger partial charge < -0.3 is 10.0 Å². The fourth-order valence-electron chi connectivity index (χ4n) is 1.45. The predicted molar refractivity (Wildman–Crippen MR) is 69.3 cm³/mol. The van der Waals surface area contributed by atoms with Gasteiger partial charge in [0.15, 0.2) is 0 Å². The van der Waals surface area contributed by atoms with Gasteiger partial charge in [-0.05, 0) is 26.0 Å². The number of hydrogen-bond acceptors (Lipinski definition) is 4. The van der Waals surface area contributed by atoms with Crippen molar-refractivity contribution in [2.24, 2.45) is 0 Å². The first-order valence-electron chi connectivity index (χ1n) is 5.71. The number of carbonyl (C=O) groups is 1. The molecule has 0 aliphatic carbocycles. The third-order valence-corrected chi connectivity index (χ3v) is 3.34. The Bertz CT molecular complexity index is 367. The molecule has 0 bridgehead atoms. The Kier molecular flexibility index (Phi) is 6.00. The lowest BCUT2D eigenvalue weighted by Crippen LogP contribution is -2.31. The van der Waals surface area contributed by atoms with Gasteiger partial charge in [0.25, 0.3) is 5.91 Å². The number of nitrogens with zero attached hydrogens (tertiary/aromatic N) is 2. The zero-order valence-electron chi connectivity index (χ0n) is 10.2. The van der Waals surface area contributed by atoms with Crippen LogP contribution in [0.1, 0.15) is 24.3 Å². The lowest BCUT2D eigenvalue weighted by Gasteiger charge is -2.18. The fourth-order valence-corrected chi connectivity index (χ4v) is 2.13. The molecular formula is C12H18N2O2S. The summed E-state index contributed by atoms with van der Waals surface area (Å²) < 4.78 is 0. The maximum atomic E-state index is 12.0. The van der Waals surface area contributed by atoms with E-state index in [1.54, 1.807) is 17.2 Å². The molecule has 0 spiro atoms. The number of thioether (sulfide) groups is 1. The van der Waals surface area contributed by atoms with Crippen molar-refractivity contribution in [3.8, 4) is 0 Å². The molecule has 0 saturated heterocycles. The van der Waals surface area contributed by atoms with Gasteiger partial charge in [-0.25, -0.2) is 0 Å². The van der Waals surface area contributed by atoms with Crippen LogP contribution >= 0.6 is 11.8 Å². The first kappa shape index (κ1) is 14.0. The minimum atomic E-state index is -0.0403. The molecule has 0 aromatic carbocycles. The minimum absolute atomic E-state index is 0.0403. The summed E-state index contributed by atoms with van der Waals surface area (Å²) in [6, 6.07) is 3.63. The van der Waals surface area contributed by atoms with Crippen LogP contribution in [0.4, 0.5) is 0 Å². The second kappa shape index (κ2) is 7.29. The van der Waals surface area contributed by atoms with Crippen molar-refractivity contribution in [3.05, 3.63) is 24.0 Å². The van der Waals surface area contributed by atoms with E-state index in [0.29, 0.717) is 24.5 Å². The number of hydrogen-bond donors (Lipinski definition) is 1. The number of carbonyl (C=O) groups excluding carboxylic acids is 1. The van der Waals surface area contributed by atoms with Gasteiger partial charge in [0.05, 0.1) is 6.61 Å². The Morgan fingerprint density at radius 1 is 1.47 bits per heavy atom. The molecule has 0 aliphatic heterocycles. The lowest BCUT2D eigenvalue weighted by molar-refractivity contribution is 0.0767. The monoisotopic (exact) mass is 254 g/mol. The highest BCUT2D eigenvalue weighted by Crippen LogP contribution is 2.18. The molecule has 0 unspecified atom stereocenters. The zero-order chi connectivity index (χ0) is 12.7. The van der Waals surface area contributed by atoms with Crippen molar-refractivity contribution in [3.63, 3.8) is 0 Å². The summed E-state index contributed by atoms with van der Waals surface area (Å²) in [5, 5.41) is 8.76. The van der Waals surface area contributed by atoms with Gasteiger partial charge in [-0.2, -0.15) is 0 Å². The average Bonchev–Trinajstić information content (AvgIpc) is 2.38. The molecule has 1 amide bonds. The van der Waals surface area contributed by atoms with E-state index < -0.39 is 0 Å². The first-order chi connectivity index (χ1) is 8.22. The number of pyridine rings is 1. The topological polar surface area (TPSA) is 53.4 Å². The Hall–Kier alpha value is -1.07. The Morgan fingerprint density at radius 2 is 2.18 bits per heavy atom. The standard InChI is InChI=1S/C12H18N2O2S/c1-3-14(4-2)12(16)11-9-10(5-6-13-11)17-8-7-15/h5-6,9,15H,3-4,7-8H2,1-2H3. The molecule has 0 fully saturated rings. The first-order valence-corrected chi connectivity index (χ1v) is 6.70. The van der Waals surface area contributed by atoms with Crippen LogP contribution in [0.3, 0.4) is 0 Å². The van der Waals surface area contributed by atoms with Crippen LogP contribution in [0.25, 0.3) is 0 Å². The Labute approximate surface area is 106 Å². The molecule has 0 aliphatic rings. The van der Waals surface area contributed by atoms with Gasteiger partial charge >= 0.3 is 0 Å². The molecule has 4 nitrogen and oxygen atoms in total. The van der Waals surface area contributed by atoms with Crippen LogP contribution in [-0.2, 0) is 0 Å². The van der Waals surface area contributed by atoms with Crippen LogP contribution < -0.4 is 0 Å². The molecule has 1 rings (SSSR count). The van der Waals surface area contributed by atoms with Gasteiger partial charge in [-0.1, -0.05) is 0 Å². The quantitative estimate of drug-likeness (QED) is 0.784. The van der Waals surface area contributed by atoms with E-state index in [4.69, 9.17) is 5.11 Å². The number of amides is 1. The van der Waals surface area contributed by atoms with E-state index in [0.717, 1.165) is 4.90 Å². The van der Waals surface area contributed by atoms with Crippen LogP contribution in [0.2, 0.25) is 0 Å². The van der Waals surface area contributed by atoms with E-state index in [9.17, 15) is 4.79 Å². The summed E-state index contributed by atoms with van der Waals surface area (Å²) in [7, 11) is 0. The van der Waals surface area contributed by atoms with Crippen LogP contribution in [-0.4, -0.2) is 46.3 Å². The minimum Gasteiger partial charge on any atom is -0.396 e. The number of aromatic nitrogens is 1. The summed E-state index contributed by atoms with van der Waals surface area (Å²) in [5.41, 5.74) is 0.469. The van der Waals surface area contributed by atoms with Crippen LogP contribution in [0.5, 0.6) is 0 Å². The number of rotatable bonds is 6. The van der Waals surface area contributed by atoms with Crippen LogP contribution in [0, 0.1) is 0 Å². The highest BCUT2D eigenvalue weighted by Gasteiger charge is 2.13. The number of aliphatic hydroxyl groups excluding tert-OH is 1. The van der Waals surface area contributed by atoms with Crippen molar-refractivity contribution in [1.29, 1.82) is 0 Å². The van der Waals surface area contributed by atoms with E-state index in [1.165, 1.54) is 11.8 Å². The molecule has 0 atom stereocenters. The molecule has 17 heavy (non-hydrogen) atoms. The van der Waals surface area contributed by atoms with E-state index in [-0.39, 0.29) is 12.5 Å². The van der Waals surface area contributed by atoms with Crippen LogP contribution in [0.15, 0.2) is 23.2 Å². The fraction of sp³-hybridized carbons (Fsp3) is 0.500. The molecular weight excluding hydrogens is 236 g/mol. The van der Waals surface area contributed by atoms with Crippen molar-refractivity contribution in [2.45, 2.75) is 18.7 Å². The lowest BCUT2D eigenvalue weighted by atomic mass is 10.3. The van der Waals surface area contributed by atoms with Gasteiger partial charge in [-0.3, -0.25) is 9.78 Å². The third-order valence-electron chi connectivity index (χ3n) is 2.36. The highest BCUT2D eigenvalue weighted by atomic mass is 32.2. The molecule has 0 radical (unpaired) electrons. The van der Waals surface area contributed by atoms with Crippen molar-refractivity contribution in [2.75, 3.05) is 25.4 Å². The average molecular weight is 254 g/mol. The predicted octanol–water partition coefficient (Wildman–Crippen LogP) is 1.65. The smallest absolute Gasteiger partial charge is 0.272 e. The molecule has 0 saturated carbocycles. The van der Waals surface area contributed by atoms with Gasteiger partial charge in [0, 0.05) is 29.9 Å². The second-order valence-corrected chi connectivity index (χ2v) is 4.59. The molecule has 5 heteroatoms. The largest absolute Gasteiger partial charge is 0.396 e. The molecule has 94 valence electrons. The Morgan fingerprint density at radius 3 is 2.76 bits per heavy atom. The van der Waals surface area contributed by atoms with Gasteiger partial charge in [0.2, 0.25) is 0 Å². The number of aliphatic hydroxyl groups is 1. The highest BCUT2D eigenvalue weighted by molar-refractivity contribution is 7.99. The SMILES string of the molecule is CCN(CC)C(=O)c1cc(SCCO)ccn1. The van der Waals surface area contributed by atoms with E-state index in [2.05, 4.69) is 4.98 Å². The van der Waals surface area contributed by atoms with Crippen molar-refractivity contribution in [1.82, 2.24) is 9.88 Å². The third kappa shape index (κ3) is 4.02. The summed E-state index contributed by atoms with van der Waals surface area (Å²) in [6.07, 6.45) is 1.64. The zero-order valence-corrected chi connectivity index (χ0v) is 11.0. The summed E-state index contributed by atoms with van der Waals surface area (Å²) in [6.45, 7) is 5.40. The van der Waals surface area contributed by atoms with Gasteiger partial charge in [-0.15, -0.1) is 11.8 Å². The molecule has 1 N–H and O–H groups in total. The summed E-state index contributed by atoms with van der Waals surface area (Å²) in [5.74, 6) is 0.588. The molecule has 1 aromatic rings. The molecule has 1 aromatic heterocycles. The maximum Gasteiger partial charge on any atom is 0.272 e. The normalized spacial score (nSPS) is 10.3. The van der Waals surface area contributed by atoms with E-state index >= 15 is 0 Å². The van der Waals surface area contributed by atoms with Crippen molar-refractivity contribution < 1.29 is 9.90 Å². The van der Waals surface area contributed by atoms with Crippen molar-refractivity contribution >= 4 is 17.7 Å². The van der Waals surface area contributed by atoms with E-state index in [1.807, 2.05) is 19.9 Å². The summed E-state index contributed by atoms with van der Waals surface area (Å²) in [4.78, 5) is 18.8. The maximum absolute atomic E-state index is 12.0. The summed E-state index contributed by atoms with van der Waals surface area (Å²) >= 11 is 1.52.